The van der Waals surface area contributed by atoms with Gasteiger partial charge in [0.2, 0.25) is 11.8 Å². The minimum Gasteiger partial charge on any atom is -0.353 e. The highest BCUT2D eigenvalue weighted by atomic mass is 16.2. The van der Waals surface area contributed by atoms with Gasteiger partial charge < -0.3 is 10.6 Å². The van der Waals surface area contributed by atoms with Gasteiger partial charge in [0.25, 0.3) is 0 Å². The van der Waals surface area contributed by atoms with E-state index in [9.17, 15) is 14.4 Å². The average molecular weight is 317 g/mol. The Labute approximate surface area is 132 Å². The molecular formula is C15H19N5O3. The van der Waals surface area contributed by atoms with E-state index in [1.165, 1.54) is 9.13 Å². The largest absolute Gasteiger partial charge is 0.353 e. The third kappa shape index (κ3) is 3.25. The van der Waals surface area contributed by atoms with Crippen LogP contribution in [0.3, 0.4) is 0 Å². The number of nitrogens with one attached hydrogen (secondary N) is 2. The van der Waals surface area contributed by atoms with E-state index in [-0.39, 0.29) is 30.3 Å². The van der Waals surface area contributed by atoms with Crippen LogP contribution in [0.25, 0.3) is 11.2 Å². The van der Waals surface area contributed by atoms with Crippen LogP contribution >= 0.6 is 0 Å². The third-order valence-corrected chi connectivity index (χ3v) is 3.90. The minimum atomic E-state index is -0.274. The molecular weight excluding hydrogens is 298 g/mol. The Kier molecular flexibility index (Phi) is 3.89. The van der Waals surface area contributed by atoms with E-state index in [1.807, 2.05) is 0 Å². The van der Waals surface area contributed by atoms with Gasteiger partial charge in [-0.25, -0.2) is 9.78 Å². The summed E-state index contributed by atoms with van der Waals surface area (Å²) in [5, 5.41) is 5.50. The van der Waals surface area contributed by atoms with Crippen molar-refractivity contribution >= 4 is 28.8 Å². The fourth-order valence-corrected chi connectivity index (χ4v) is 2.40. The number of aryl methyl sites for hydroxylation is 2. The van der Waals surface area contributed by atoms with Gasteiger partial charge in [0.15, 0.2) is 5.65 Å². The monoisotopic (exact) mass is 317 g/mol. The van der Waals surface area contributed by atoms with E-state index in [0.29, 0.717) is 23.0 Å². The summed E-state index contributed by atoms with van der Waals surface area (Å²) in [5.41, 5.74) is 1.02. The van der Waals surface area contributed by atoms with Crippen LogP contribution in [-0.2, 0) is 23.7 Å². The number of pyridine rings is 1. The molecule has 0 atom stereocenters. The highest BCUT2D eigenvalue weighted by molar-refractivity contribution is 5.93. The molecule has 2 aromatic rings. The summed E-state index contributed by atoms with van der Waals surface area (Å²) in [4.78, 5) is 39.6. The van der Waals surface area contributed by atoms with Crippen molar-refractivity contribution in [3.8, 4) is 0 Å². The fourth-order valence-electron chi connectivity index (χ4n) is 2.40. The molecule has 0 aliphatic heterocycles. The third-order valence-electron chi connectivity index (χ3n) is 3.90. The van der Waals surface area contributed by atoms with Crippen molar-refractivity contribution in [3.63, 3.8) is 0 Å². The Morgan fingerprint density at radius 1 is 1.17 bits per heavy atom. The lowest BCUT2D eigenvalue weighted by molar-refractivity contribution is -0.124. The van der Waals surface area contributed by atoms with Crippen molar-refractivity contribution in [1.29, 1.82) is 0 Å². The highest BCUT2D eigenvalue weighted by Gasteiger charge is 2.23. The van der Waals surface area contributed by atoms with Crippen LogP contribution < -0.4 is 16.3 Å². The summed E-state index contributed by atoms with van der Waals surface area (Å²) in [6.07, 6.45) is 2.32. The lowest BCUT2D eigenvalue weighted by Crippen LogP contribution is -2.26. The first kappa shape index (κ1) is 15.3. The number of carbonyl (C=O) groups is 2. The molecule has 0 saturated heterocycles. The SMILES string of the molecule is Cn1c(=O)n(C)c2nc(NC(=O)CCC(=O)NC3CC3)ccc21. The van der Waals surface area contributed by atoms with Gasteiger partial charge in [0.1, 0.15) is 5.82 Å². The molecule has 2 amide bonds. The van der Waals surface area contributed by atoms with Crippen molar-refractivity contribution in [2.45, 2.75) is 31.7 Å². The van der Waals surface area contributed by atoms with E-state index >= 15 is 0 Å². The smallest absolute Gasteiger partial charge is 0.329 e. The van der Waals surface area contributed by atoms with Gasteiger partial charge in [0.05, 0.1) is 5.52 Å². The van der Waals surface area contributed by atoms with Gasteiger partial charge in [-0.1, -0.05) is 0 Å². The van der Waals surface area contributed by atoms with E-state index in [1.54, 1.807) is 26.2 Å². The number of carbonyl (C=O) groups excluding carboxylic acids is 2. The van der Waals surface area contributed by atoms with Crippen LogP contribution in [0.1, 0.15) is 25.7 Å². The molecule has 122 valence electrons. The van der Waals surface area contributed by atoms with E-state index in [0.717, 1.165) is 12.8 Å². The molecule has 0 spiro atoms. The summed E-state index contributed by atoms with van der Waals surface area (Å²) in [6, 6.07) is 3.68. The molecule has 0 bridgehead atoms. The van der Waals surface area contributed by atoms with Crippen LogP contribution in [0.2, 0.25) is 0 Å². The molecule has 0 radical (unpaired) electrons. The number of anilines is 1. The number of amides is 2. The van der Waals surface area contributed by atoms with E-state index in [4.69, 9.17) is 0 Å². The van der Waals surface area contributed by atoms with Gasteiger partial charge in [-0.05, 0) is 25.0 Å². The zero-order chi connectivity index (χ0) is 16.6. The standard InChI is InChI=1S/C15H19N5O3/c1-19-10-5-6-11(18-14(10)20(2)15(19)23)17-13(22)8-7-12(21)16-9-3-4-9/h5-6,9H,3-4,7-8H2,1-2H3,(H,16,21)(H,17,18,22). The second-order valence-corrected chi connectivity index (χ2v) is 5.83. The number of fused-ring (bicyclic) bond motifs is 1. The molecule has 1 saturated carbocycles. The van der Waals surface area contributed by atoms with Crippen molar-refractivity contribution in [2.75, 3.05) is 5.32 Å². The first-order chi connectivity index (χ1) is 11.0. The Morgan fingerprint density at radius 2 is 1.87 bits per heavy atom. The van der Waals surface area contributed by atoms with Gasteiger partial charge in [-0.15, -0.1) is 0 Å². The second kappa shape index (κ2) is 5.86. The van der Waals surface area contributed by atoms with Gasteiger partial charge in [-0.2, -0.15) is 0 Å². The lowest BCUT2D eigenvalue weighted by Gasteiger charge is -2.05. The quantitative estimate of drug-likeness (QED) is 0.827. The number of imidazole rings is 1. The Morgan fingerprint density at radius 3 is 2.57 bits per heavy atom. The Hall–Kier alpha value is -2.64. The molecule has 8 heteroatoms. The summed E-state index contributed by atoms with van der Waals surface area (Å²) < 4.78 is 2.92. The first-order valence-electron chi connectivity index (χ1n) is 7.57. The highest BCUT2D eigenvalue weighted by Crippen LogP contribution is 2.18. The molecule has 1 fully saturated rings. The molecule has 8 nitrogen and oxygen atoms in total. The molecule has 2 aromatic heterocycles. The fraction of sp³-hybridized carbons (Fsp3) is 0.467. The summed E-state index contributed by atoms with van der Waals surface area (Å²) in [7, 11) is 3.30. The summed E-state index contributed by atoms with van der Waals surface area (Å²) in [5.74, 6) is -0.00783. The predicted octanol–water partition coefficient (Wildman–Crippen LogP) is 0.269. The van der Waals surface area contributed by atoms with Crippen LogP contribution in [0.4, 0.5) is 5.82 Å². The maximum absolute atomic E-state index is 11.9. The minimum absolute atomic E-state index is 0.100. The maximum Gasteiger partial charge on any atom is 0.329 e. The number of aromatic nitrogens is 3. The molecule has 23 heavy (non-hydrogen) atoms. The molecule has 2 N–H and O–H groups in total. The van der Waals surface area contributed by atoms with E-state index in [2.05, 4.69) is 15.6 Å². The molecule has 2 heterocycles. The Balaban J connectivity index is 1.64. The van der Waals surface area contributed by atoms with Crippen molar-refractivity contribution < 1.29 is 9.59 Å². The number of nitrogens with zero attached hydrogens (tertiary/aromatic N) is 3. The zero-order valence-corrected chi connectivity index (χ0v) is 13.1. The normalized spacial score (nSPS) is 14.0. The number of rotatable bonds is 5. The maximum atomic E-state index is 11.9. The number of hydrogen-bond acceptors (Lipinski definition) is 4. The molecule has 0 aromatic carbocycles. The van der Waals surface area contributed by atoms with Crippen LogP contribution in [-0.4, -0.2) is 32.0 Å². The summed E-state index contributed by atoms with van der Waals surface area (Å²) >= 11 is 0. The average Bonchev–Trinajstić information content (AvgIpc) is 3.31. The number of hydrogen-bond donors (Lipinski definition) is 2. The molecule has 0 unspecified atom stereocenters. The zero-order valence-electron chi connectivity index (χ0n) is 13.1. The Bertz CT molecular complexity index is 831. The lowest BCUT2D eigenvalue weighted by atomic mass is 10.2. The van der Waals surface area contributed by atoms with Crippen molar-refractivity contribution in [2.24, 2.45) is 14.1 Å². The first-order valence-corrected chi connectivity index (χ1v) is 7.57. The molecule has 3 rings (SSSR count). The summed E-state index contributed by atoms with van der Waals surface area (Å²) in [6.45, 7) is 0. The molecule has 1 aliphatic rings. The predicted molar refractivity (Wildman–Crippen MR) is 85.0 cm³/mol. The van der Waals surface area contributed by atoms with Crippen LogP contribution in [0.15, 0.2) is 16.9 Å². The molecule has 1 aliphatic carbocycles. The van der Waals surface area contributed by atoms with E-state index < -0.39 is 0 Å². The van der Waals surface area contributed by atoms with Gasteiger partial charge in [-0.3, -0.25) is 18.7 Å². The van der Waals surface area contributed by atoms with Crippen LogP contribution in [0.5, 0.6) is 0 Å². The van der Waals surface area contributed by atoms with Gasteiger partial charge in [0, 0.05) is 33.0 Å². The topological polar surface area (TPSA) is 98.0 Å². The second-order valence-electron chi connectivity index (χ2n) is 5.83. The van der Waals surface area contributed by atoms with Crippen molar-refractivity contribution in [1.82, 2.24) is 19.4 Å². The van der Waals surface area contributed by atoms with Gasteiger partial charge >= 0.3 is 5.69 Å². The van der Waals surface area contributed by atoms with Crippen molar-refractivity contribution in [3.05, 3.63) is 22.6 Å². The van der Waals surface area contributed by atoms with Crippen LogP contribution in [0, 0.1) is 0 Å².